The van der Waals surface area contributed by atoms with Gasteiger partial charge in [-0.3, -0.25) is 23.4 Å². The molecule has 3 rings (SSSR count). The van der Waals surface area contributed by atoms with Crippen molar-refractivity contribution in [3.05, 3.63) is 16.7 Å². The third-order valence-electron chi connectivity index (χ3n) is 8.48. The first-order valence-corrected chi connectivity index (χ1v) is 18.8. The van der Waals surface area contributed by atoms with Crippen molar-refractivity contribution >= 4 is 24.7 Å². The first-order valence-electron chi connectivity index (χ1n) is 17.1. The minimum absolute atomic E-state index is 0.0274. The van der Waals surface area contributed by atoms with Gasteiger partial charge in [-0.15, -0.1) is 0 Å². The zero-order valence-corrected chi connectivity index (χ0v) is 29.1. The molecule has 0 amide bonds. The number of hydrogen-bond acceptors (Lipinski definition) is 9. The van der Waals surface area contributed by atoms with E-state index in [0.29, 0.717) is 6.61 Å². The van der Waals surface area contributed by atoms with Crippen LogP contribution in [0, 0.1) is 0 Å². The molecule has 45 heavy (non-hydrogen) atoms. The Labute approximate surface area is 268 Å². The van der Waals surface area contributed by atoms with Crippen molar-refractivity contribution < 1.29 is 28.2 Å². The van der Waals surface area contributed by atoms with E-state index in [2.05, 4.69) is 21.9 Å². The number of hydrogen-bond donors (Lipinski definition) is 3. The summed E-state index contributed by atoms with van der Waals surface area (Å²) in [6.07, 6.45) is 16.9. The Hall–Kier alpha value is -1.82. The van der Waals surface area contributed by atoms with Crippen LogP contribution in [0.4, 0.5) is 5.95 Å². The fourth-order valence-electron chi connectivity index (χ4n) is 5.69. The van der Waals surface area contributed by atoms with Crippen LogP contribution < -0.4 is 11.3 Å². The maximum Gasteiger partial charge on any atom is 0.331 e. The topological polar surface area (TPSA) is 164 Å². The van der Waals surface area contributed by atoms with Gasteiger partial charge in [-0.05, 0) is 20.3 Å². The molecule has 13 heteroatoms. The Morgan fingerprint density at radius 2 is 1.62 bits per heavy atom. The van der Waals surface area contributed by atoms with Crippen molar-refractivity contribution in [2.24, 2.45) is 0 Å². The molecule has 4 atom stereocenters. The third kappa shape index (κ3) is 10.9. The molecular formula is C32H58N5O7P. The van der Waals surface area contributed by atoms with E-state index in [9.17, 15) is 14.3 Å². The van der Waals surface area contributed by atoms with Gasteiger partial charge in [0.05, 0.1) is 31.3 Å². The normalized spacial score (nSPS) is 21.8. The summed E-state index contributed by atoms with van der Waals surface area (Å²) in [5.41, 5.74) is 3.55. The maximum atomic E-state index is 13.3. The zero-order chi connectivity index (χ0) is 32.9. The highest BCUT2D eigenvalue weighted by molar-refractivity contribution is 7.53. The fraction of sp³-hybridized carbons (Fsp3) is 0.844. The van der Waals surface area contributed by atoms with Crippen LogP contribution in [0.2, 0.25) is 0 Å². The summed E-state index contributed by atoms with van der Waals surface area (Å²) < 4.78 is 39.5. The number of anilines is 1. The zero-order valence-electron chi connectivity index (χ0n) is 28.2. The minimum atomic E-state index is -4.10. The number of nitrogens with one attached hydrogen (secondary N) is 1. The summed E-state index contributed by atoms with van der Waals surface area (Å²) in [5, 5.41) is 0. The molecule has 4 N–H and O–H groups in total. The summed E-state index contributed by atoms with van der Waals surface area (Å²) in [5.74, 6) is -0.0811. The average Bonchev–Trinajstić information content (AvgIpc) is 3.56. The number of nitrogen functional groups attached to an aromatic ring is 1. The van der Waals surface area contributed by atoms with Crippen molar-refractivity contribution in [3.63, 3.8) is 0 Å². The molecular weight excluding hydrogens is 597 g/mol. The Bertz CT molecular complexity index is 1250. The number of nitrogens with zero attached hydrogens (tertiary/aromatic N) is 3. The molecule has 2 aromatic heterocycles. The molecule has 0 aromatic carbocycles. The highest BCUT2D eigenvalue weighted by Crippen LogP contribution is 2.53. The van der Waals surface area contributed by atoms with Crippen molar-refractivity contribution in [3.8, 4) is 0 Å². The minimum Gasteiger partial charge on any atom is -0.376 e. The highest BCUT2D eigenvalue weighted by atomic mass is 31.2. The Kier molecular flexibility index (Phi) is 15.5. The van der Waals surface area contributed by atoms with E-state index in [-0.39, 0.29) is 36.4 Å². The lowest BCUT2D eigenvalue weighted by Crippen LogP contribution is -2.51. The van der Waals surface area contributed by atoms with Crippen LogP contribution in [-0.2, 0) is 29.0 Å². The van der Waals surface area contributed by atoms with Gasteiger partial charge < -0.3 is 24.8 Å². The summed E-state index contributed by atoms with van der Waals surface area (Å²) >= 11 is 0. The molecule has 12 nitrogen and oxygen atoms in total. The standard InChI is InChI=1S/C32H58N5O7P/c1-6-7-8-9-10-11-12-13-14-15-16-17-18-19-20-43-32(37-23-34-27-29(37)35-31(33)36-30(27)38)22-42-26(21-41-24(2)3)28(32)44-45(39,40)25(4)5/h23-26,28H,6-22H2,1-5H3,(H,39,40)(H3,33,35,36,38)/t26-,28+,32+/m1/s1. The SMILES string of the molecule is CCCCCCCCCCCCCCCCO[C@@]1(n2cnc3c(=O)[nH]c(N)nc32)CO[C@H](COC(C)C)[C@@H]1OP(=O)(O)C(C)C. The van der Waals surface area contributed by atoms with E-state index in [0.717, 1.165) is 19.3 Å². The summed E-state index contributed by atoms with van der Waals surface area (Å²) in [4.78, 5) is 34.6. The predicted octanol–water partition coefficient (Wildman–Crippen LogP) is 6.66. The second kappa shape index (κ2) is 18.5. The molecule has 2 aromatic rings. The quantitative estimate of drug-likeness (QED) is 0.0872. The van der Waals surface area contributed by atoms with E-state index in [1.165, 1.54) is 77.0 Å². The maximum absolute atomic E-state index is 13.3. The Morgan fingerprint density at radius 3 is 2.18 bits per heavy atom. The largest absolute Gasteiger partial charge is 0.376 e. The van der Waals surface area contributed by atoms with Gasteiger partial charge in [0.1, 0.15) is 12.2 Å². The van der Waals surface area contributed by atoms with Gasteiger partial charge in [-0.2, -0.15) is 4.98 Å². The van der Waals surface area contributed by atoms with Gasteiger partial charge in [-0.1, -0.05) is 104 Å². The molecule has 0 radical (unpaired) electrons. The lowest BCUT2D eigenvalue weighted by Gasteiger charge is -2.37. The van der Waals surface area contributed by atoms with Crippen molar-refractivity contribution in [1.29, 1.82) is 0 Å². The molecule has 1 aliphatic heterocycles. The van der Waals surface area contributed by atoms with Gasteiger partial charge in [0, 0.05) is 6.61 Å². The monoisotopic (exact) mass is 655 g/mol. The van der Waals surface area contributed by atoms with E-state index in [1.807, 2.05) is 13.8 Å². The molecule has 0 saturated carbocycles. The molecule has 1 saturated heterocycles. The van der Waals surface area contributed by atoms with E-state index < -0.39 is 36.7 Å². The molecule has 1 aliphatic rings. The van der Waals surface area contributed by atoms with Crippen LogP contribution in [0.1, 0.15) is 125 Å². The fourth-order valence-corrected chi connectivity index (χ4v) is 6.56. The van der Waals surface area contributed by atoms with E-state index in [4.69, 9.17) is 24.5 Å². The number of fused-ring (bicyclic) bond motifs is 1. The van der Waals surface area contributed by atoms with Crippen molar-refractivity contribution in [1.82, 2.24) is 19.5 Å². The second-order valence-electron chi connectivity index (χ2n) is 12.9. The number of unbranched alkanes of at least 4 members (excludes halogenated alkanes) is 13. The van der Waals surface area contributed by atoms with Gasteiger partial charge in [0.2, 0.25) is 11.7 Å². The number of aromatic nitrogens is 4. The first kappa shape index (κ1) is 37.6. The molecule has 258 valence electrons. The summed E-state index contributed by atoms with van der Waals surface area (Å²) in [6.45, 7) is 9.74. The van der Waals surface area contributed by atoms with Gasteiger partial charge in [0.25, 0.3) is 5.56 Å². The van der Waals surface area contributed by atoms with Crippen LogP contribution in [0.3, 0.4) is 0 Å². The second-order valence-corrected chi connectivity index (χ2v) is 15.3. The smallest absolute Gasteiger partial charge is 0.331 e. The van der Waals surface area contributed by atoms with Crippen LogP contribution in [0.5, 0.6) is 0 Å². The van der Waals surface area contributed by atoms with E-state index in [1.54, 1.807) is 18.4 Å². The summed E-state index contributed by atoms with van der Waals surface area (Å²) in [6, 6.07) is 0. The predicted molar refractivity (Wildman–Crippen MR) is 177 cm³/mol. The van der Waals surface area contributed by atoms with Crippen LogP contribution in [-0.4, -0.2) is 68.2 Å². The lowest BCUT2D eigenvalue weighted by atomic mass is 10.0. The van der Waals surface area contributed by atoms with Crippen LogP contribution >= 0.6 is 7.60 Å². The highest BCUT2D eigenvalue weighted by Gasteiger charge is 2.57. The number of H-pyrrole nitrogens is 1. The average molecular weight is 656 g/mol. The Balaban J connectivity index is 1.66. The molecule has 3 heterocycles. The van der Waals surface area contributed by atoms with Gasteiger partial charge in [-0.25, -0.2) is 4.98 Å². The third-order valence-corrected chi connectivity index (χ3v) is 10.3. The van der Waals surface area contributed by atoms with Gasteiger partial charge >= 0.3 is 7.60 Å². The lowest BCUT2D eigenvalue weighted by molar-refractivity contribution is -0.153. The van der Waals surface area contributed by atoms with E-state index >= 15 is 0 Å². The Morgan fingerprint density at radius 1 is 1.04 bits per heavy atom. The molecule has 0 spiro atoms. The first-order chi connectivity index (χ1) is 21.5. The number of aromatic amines is 1. The molecule has 1 unspecified atom stereocenters. The molecule has 0 bridgehead atoms. The summed E-state index contributed by atoms with van der Waals surface area (Å²) in [7, 11) is -4.10. The molecule has 1 fully saturated rings. The number of imidazole rings is 1. The van der Waals surface area contributed by atoms with Gasteiger partial charge in [0.15, 0.2) is 11.2 Å². The number of nitrogens with two attached hydrogens (primary N) is 1. The van der Waals surface area contributed by atoms with Crippen LogP contribution in [0.15, 0.2) is 11.1 Å². The number of ether oxygens (including phenoxy) is 3. The number of rotatable bonds is 23. The van der Waals surface area contributed by atoms with Crippen molar-refractivity contribution in [2.75, 3.05) is 25.6 Å². The van der Waals surface area contributed by atoms with Crippen LogP contribution in [0.25, 0.3) is 11.2 Å². The molecule has 0 aliphatic carbocycles. The van der Waals surface area contributed by atoms with Crippen molar-refractivity contribution in [2.45, 2.75) is 154 Å².